The van der Waals surface area contributed by atoms with Gasteiger partial charge in [-0.05, 0) is 56.9 Å². The van der Waals surface area contributed by atoms with Crippen molar-refractivity contribution in [1.29, 1.82) is 0 Å². The Kier molecular flexibility index (Phi) is 4.97. The molecule has 0 saturated carbocycles. The molecule has 1 aliphatic carbocycles. The highest BCUT2D eigenvalue weighted by Crippen LogP contribution is 2.21. The topological polar surface area (TPSA) is 76.0 Å². The summed E-state index contributed by atoms with van der Waals surface area (Å²) in [6.45, 7) is 3.33. The first-order valence-corrected chi connectivity index (χ1v) is 8.48. The Bertz CT molecular complexity index is 818. The number of amides is 2. The molecular formula is C19H22N4O2. The fourth-order valence-electron chi connectivity index (χ4n) is 2.91. The molecule has 0 aliphatic heterocycles. The SMILES string of the molecule is CC(=O)Nc1cc(C)nn1-c1ccc(NC(=O)C2=CCCCC2)cc1. The van der Waals surface area contributed by atoms with E-state index in [2.05, 4.69) is 15.7 Å². The van der Waals surface area contributed by atoms with Crippen LogP contribution < -0.4 is 10.6 Å². The number of carbonyl (C=O) groups excluding carboxylic acids is 2. The van der Waals surface area contributed by atoms with Crippen LogP contribution in [0.3, 0.4) is 0 Å². The van der Waals surface area contributed by atoms with Gasteiger partial charge in [0.1, 0.15) is 5.82 Å². The number of benzene rings is 1. The molecule has 3 rings (SSSR count). The van der Waals surface area contributed by atoms with E-state index in [-0.39, 0.29) is 11.8 Å². The van der Waals surface area contributed by atoms with E-state index >= 15 is 0 Å². The molecule has 1 aliphatic rings. The number of nitrogens with zero attached hydrogens (tertiary/aromatic N) is 2. The standard InChI is InChI=1S/C19H22N4O2/c1-13-12-18(20-14(2)24)23(22-13)17-10-8-16(9-11-17)21-19(25)15-6-4-3-5-7-15/h6,8-12H,3-5,7H2,1-2H3,(H,20,24)(H,21,25). The second-order valence-corrected chi connectivity index (χ2v) is 6.24. The van der Waals surface area contributed by atoms with E-state index in [1.165, 1.54) is 6.92 Å². The highest BCUT2D eigenvalue weighted by molar-refractivity contribution is 6.03. The highest BCUT2D eigenvalue weighted by Gasteiger charge is 2.13. The number of carbonyl (C=O) groups is 2. The maximum Gasteiger partial charge on any atom is 0.251 e. The average molecular weight is 338 g/mol. The van der Waals surface area contributed by atoms with Crippen molar-refractivity contribution in [2.75, 3.05) is 10.6 Å². The minimum absolute atomic E-state index is 0.0266. The van der Waals surface area contributed by atoms with E-state index < -0.39 is 0 Å². The van der Waals surface area contributed by atoms with Crippen LogP contribution in [0.2, 0.25) is 0 Å². The lowest BCUT2D eigenvalue weighted by molar-refractivity contribution is -0.114. The van der Waals surface area contributed by atoms with Crippen LogP contribution in [0.5, 0.6) is 0 Å². The number of rotatable bonds is 4. The molecule has 1 aromatic heterocycles. The predicted octanol–water partition coefficient (Wildman–Crippen LogP) is 3.58. The van der Waals surface area contributed by atoms with Crippen molar-refractivity contribution in [2.45, 2.75) is 39.5 Å². The molecule has 2 amide bonds. The molecule has 0 spiro atoms. The van der Waals surface area contributed by atoms with Gasteiger partial charge in [0.25, 0.3) is 5.91 Å². The summed E-state index contributed by atoms with van der Waals surface area (Å²) in [7, 11) is 0. The first-order chi connectivity index (χ1) is 12.0. The molecule has 0 bridgehead atoms. The molecule has 6 heteroatoms. The van der Waals surface area contributed by atoms with Crippen molar-refractivity contribution in [2.24, 2.45) is 0 Å². The smallest absolute Gasteiger partial charge is 0.251 e. The van der Waals surface area contributed by atoms with E-state index in [0.717, 1.165) is 48.3 Å². The summed E-state index contributed by atoms with van der Waals surface area (Å²) in [5.41, 5.74) is 3.23. The number of hydrogen-bond acceptors (Lipinski definition) is 3. The zero-order valence-corrected chi connectivity index (χ0v) is 14.5. The molecule has 1 aromatic carbocycles. The second kappa shape index (κ2) is 7.34. The van der Waals surface area contributed by atoms with Crippen molar-refractivity contribution in [1.82, 2.24) is 9.78 Å². The van der Waals surface area contributed by atoms with Crippen molar-refractivity contribution in [3.63, 3.8) is 0 Å². The second-order valence-electron chi connectivity index (χ2n) is 6.24. The van der Waals surface area contributed by atoms with Crippen LogP contribution in [-0.2, 0) is 9.59 Å². The van der Waals surface area contributed by atoms with Gasteiger partial charge in [0.2, 0.25) is 5.91 Å². The lowest BCUT2D eigenvalue weighted by Crippen LogP contribution is -2.16. The van der Waals surface area contributed by atoms with Gasteiger partial charge in [-0.2, -0.15) is 5.10 Å². The summed E-state index contributed by atoms with van der Waals surface area (Å²) in [4.78, 5) is 23.6. The Balaban J connectivity index is 1.75. The summed E-state index contributed by atoms with van der Waals surface area (Å²) < 4.78 is 1.67. The molecule has 0 saturated heterocycles. The largest absolute Gasteiger partial charge is 0.322 e. The fraction of sp³-hybridized carbons (Fsp3) is 0.316. The number of hydrogen-bond donors (Lipinski definition) is 2. The molecule has 0 radical (unpaired) electrons. The molecular weight excluding hydrogens is 316 g/mol. The quantitative estimate of drug-likeness (QED) is 0.894. The summed E-state index contributed by atoms with van der Waals surface area (Å²) in [5.74, 6) is 0.446. The molecule has 0 unspecified atom stereocenters. The Morgan fingerprint density at radius 1 is 1.12 bits per heavy atom. The third-order valence-electron chi connectivity index (χ3n) is 4.09. The molecule has 2 N–H and O–H groups in total. The van der Waals surface area contributed by atoms with Crippen LogP contribution in [0.25, 0.3) is 5.69 Å². The van der Waals surface area contributed by atoms with Crippen molar-refractivity contribution < 1.29 is 9.59 Å². The number of nitrogens with one attached hydrogen (secondary N) is 2. The van der Waals surface area contributed by atoms with Crippen LogP contribution in [0.1, 0.15) is 38.3 Å². The summed E-state index contributed by atoms with van der Waals surface area (Å²) in [5, 5.41) is 10.1. The summed E-state index contributed by atoms with van der Waals surface area (Å²) in [6, 6.07) is 9.22. The third kappa shape index (κ3) is 4.15. The molecule has 25 heavy (non-hydrogen) atoms. The molecule has 130 valence electrons. The van der Waals surface area contributed by atoms with Gasteiger partial charge in [-0.1, -0.05) is 6.08 Å². The van der Waals surface area contributed by atoms with E-state index in [1.807, 2.05) is 43.3 Å². The summed E-state index contributed by atoms with van der Waals surface area (Å²) >= 11 is 0. The molecule has 1 heterocycles. The Morgan fingerprint density at radius 3 is 2.52 bits per heavy atom. The van der Waals surface area contributed by atoms with Gasteiger partial charge in [-0.3, -0.25) is 9.59 Å². The minimum Gasteiger partial charge on any atom is -0.322 e. The van der Waals surface area contributed by atoms with E-state index in [0.29, 0.717) is 5.82 Å². The maximum atomic E-state index is 12.3. The molecule has 6 nitrogen and oxygen atoms in total. The zero-order valence-electron chi connectivity index (χ0n) is 14.5. The van der Waals surface area contributed by atoms with Crippen molar-refractivity contribution >= 4 is 23.3 Å². The van der Waals surface area contributed by atoms with Gasteiger partial charge >= 0.3 is 0 Å². The van der Waals surface area contributed by atoms with Crippen molar-refractivity contribution in [3.8, 4) is 5.69 Å². The average Bonchev–Trinajstić information content (AvgIpc) is 2.96. The number of anilines is 2. The van der Waals surface area contributed by atoms with Gasteiger partial charge in [0.15, 0.2) is 0 Å². The number of aromatic nitrogens is 2. The molecule has 0 atom stereocenters. The van der Waals surface area contributed by atoms with E-state index in [4.69, 9.17) is 0 Å². The first-order valence-electron chi connectivity index (χ1n) is 8.48. The van der Waals surface area contributed by atoms with Crippen LogP contribution in [0, 0.1) is 6.92 Å². The lowest BCUT2D eigenvalue weighted by atomic mass is 9.99. The van der Waals surface area contributed by atoms with Gasteiger partial charge in [-0.25, -0.2) is 4.68 Å². The van der Waals surface area contributed by atoms with E-state index in [9.17, 15) is 9.59 Å². The number of allylic oxidation sites excluding steroid dienone is 1. The van der Waals surface area contributed by atoms with Gasteiger partial charge in [0.05, 0.1) is 11.4 Å². The van der Waals surface area contributed by atoms with Gasteiger partial charge in [-0.15, -0.1) is 0 Å². The monoisotopic (exact) mass is 338 g/mol. The fourth-order valence-corrected chi connectivity index (χ4v) is 2.91. The summed E-state index contributed by atoms with van der Waals surface area (Å²) in [6.07, 6.45) is 6.08. The molecule has 0 fully saturated rings. The Hall–Kier alpha value is -2.89. The molecule has 2 aromatic rings. The third-order valence-corrected chi connectivity index (χ3v) is 4.09. The van der Waals surface area contributed by atoms with Crippen molar-refractivity contribution in [3.05, 3.63) is 47.7 Å². The van der Waals surface area contributed by atoms with Crippen LogP contribution in [0.4, 0.5) is 11.5 Å². The maximum absolute atomic E-state index is 12.3. The van der Waals surface area contributed by atoms with Gasteiger partial charge < -0.3 is 10.6 Å². The Morgan fingerprint density at radius 2 is 1.88 bits per heavy atom. The lowest BCUT2D eigenvalue weighted by Gasteiger charge is -2.13. The van der Waals surface area contributed by atoms with Gasteiger partial charge in [0, 0.05) is 24.3 Å². The Labute approximate surface area is 146 Å². The predicted molar refractivity (Wildman–Crippen MR) is 97.8 cm³/mol. The number of aryl methyl sites for hydroxylation is 1. The minimum atomic E-state index is -0.147. The highest BCUT2D eigenvalue weighted by atomic mass is 16.2. The zero-order chi connectivity index (χ0) is 17.8. The van der Waals surface area contributed by atoms with Crippen LogP contribution in [0.15, 0.2) is 42.0 Å². The van der Waals surface area contributed by atoms with Crippen LogP contribution >= 0.6 is 0 Å². The normalized spacial score (nSPS) is 13.9. The first kappa shape index (κ1) is 17.0. The van der Waals surface area contributed by atoms with E-state index in [1.54, 1.807) is 4.68 Å². The van der Waals surface area contributed by atoms with Crippen LogP contribution in [-0.4, -0.2) is 21.6 Å².